The minimum atomic E-state index is -0.511. The SMILES string of the molecule is Cn1c(CNc2ccc(C(=O)N3CCOCC3)cc2[N+](=O)[O-])cc(Cl)c1Cl. The smallest absolute Gasteiger partial charge is 0.293 e. The molecule has 1 N–H and O–H groups in total. The van der Waals surface area contributed by atoms with Gasteiger partial charge in [0.25, 0.3) is 11.6 Å². The summed E-state index contributed by atoms with van der Waals surface area (Å²) in [5.41, 5.74) is 1.19. The molecular weight excluding hydrogens is 395 g/mol. The van der Waals surface area contributed by atoms with Crippen molar-refractivity contribution in [3.63, 3.8) is 0 Å². The first kappa shape index (κ1) is 19.5. The van der Waals surface area contributed by atoms with E-state index in [1.54, 1.807) is 28.6 Å². The number of benzene rings is 1. The van der Waals surface area contributed by atoms with Crippen LogP contribution in [0.4, 0.5) is 11.4 Å². The molecular formula is C17H18Cl2N4O4. The van der Waals surface area contributed by atoms with Crippen molar-refractivity contribution in [1.29, 1.82) is 0 Å². The van der Waals surface area contributed by atoms with E-state index < -0.39 is 4.92 Å². The third kappa shape index (κ3) is 4.18. The lowest BCUT2D eigenvalue weighted by atomic mass is 10.1. The van der Waals surface area contributed by atoms with Crippen LogP contribution in [0, 0.1) is 10.1 Å². The average molecular weight is 413 g/mol. The summed E-state index contributed by atoms with van der Waals surface area (Å²) < 4.78 is 6.92. The van der Waals surface area contributed by atoms with Gasteiger partial charge in [-0.1, -0.05) is 23.2 Å². The molecule has 1 aromatic carbocycles. The van der Waals surface area contributed by atoms with Crippen molar-refractivity contribution in [2.24, 2.45) is 7.05 Å². The largest absolute Gasteiger partial charge is 0.378 e. The minimum Gasteiger partial charge on any atom is -0.378 e. The number of halogens is 2. The van der Waals surface area contributed by atoms with E-state index in [2.05, 4.69) is 5.32 Å². The monoisotopic (exact) mass is 412 g/mol. The maximum absolute atomic E-state index is 12.5. The number of amides is 1. The number of hydrogen-bond acceptors (Lipinski definition) is 5. The molecule has 2 aromatic rings. The summed E-state index contributed by atoms with van der Waals surface area (Å²) >= 11 is 12.0. The fourth-order valence-electron chi connectivity index (χ4n) is 2.86. The van der Waals surface area contributed by atoms with Gasteiger partial charge in [0.05, 0.1) is 29.7 Å². The lowest BCUT2D eigenvalue weighted by Gasteiger charge is -2.26. The molecule has 1 saturated heterocycles. The lowest BCUT2D eigenvalue weighted by molar-refractivity contribution is -0.384. The van der Waals surface area contributed by atoms with Crippen LogP contribution in [0.2, 0.25) is 10.2 Å². The van der Waals surface area contributed by atoms with E-state index in [1.165, 1.54) is 12.1 Å². The zero-order valence-corrected chi connectivity index (χ0v) is 16.1. The van der Waals surface area contributed by atoms with E-state index in [-0.39, 0.29) is 17.2 Å². The maximum Gasteiger partial charge on any atom is 0.293 e. The Balaban J connectivity index is 1.80. The van der Waals surface area contributed by atoms with Crippen molar-refractivity contribution in [2.75, 3.05) is 31.6 Å². The van der Waals surface area contributed by atoms with Crippen LogP contribution in [0.15, 0.2) is 24.3 Å². The number of rotatable bonds is 5. The van der Waals surface area contributed by atoms with Crippen LogP contribution < -0.4 is 5.32 Å². The molecule has 0 bridgehead atoms. The molecule has 1 amide bonds. The second-order valence-corrected chi connectivity index (χ2v) is 6.85. The van der Waals surface area contributed by atoms with Crippen LogP contribution in [0.5, 0.6) is 0 Å². The summed E-state index contributed by atoms with van der Waals surface area (Å²) in [6.45, 7) is 2.17. The van der Waals surface area contributed by atoms with Gasteiger partial charge in [-0.15, -0.1) is 0 Å². The predicted molar refractivity (Wildman–Crippen MR) is 103 cm³/mol. The number of hydrogen-bond donors (Lipinski definition) is 1. The van der Waals surface area contributed by atoms with Gasteiger partial charge in [-0.3, -0.25) is 14.9 Å². The highest BCUT2D eigenvalue weighted by Crippen LogP contribution is 2.29. The summed E-state index contributed by atoms with van der Waals surface area (Å²) in [4.78, 5) is 25.1. The van der Waals surface area contributed by atoms with Gasteiger partial charge in [0, 0.05) is 37.5 Å². The third-order valence-electron chi connectivity index (χ3n) is 4.42. The van der Waals surface area contributed by atoms with Gasteiger partial charge >= 0.3 is 0 Å². The van der Waals surface area contributed by atoms with E-state index >= 15 is 0 Å². The Bertz CT molecular complexity index is 878. The molecule has 0 spiro atoms. The van der Waals surface area contributed by atoms with E-state index in [0.29, 0.717) is 48.7 Å². The zero-order valence-electron chi connectivity index (χ0n) is 14.6. The number of carbonyl (C=O) groups is 1. The number of aromatic nitrogens is 1. The van der Waals surface area contributed by atoms with E-state index in [4.69, 9.17) is 27.9 Å². The first-order valence-corrected chi connectivity index (χ1v) is 9.03. The summed E-state index contributed by atoms with van der Waals surface area (Å²) in [6.07, 6.45) is 0. The minimum absolute atomic E-state index is 0.166. The highest BCUT2D eigenvalue weighted by Gasteiger charge is 2.23. The average Bonchev–Trinajstić information content (AvgIpc) is 2.93. The molecule has 1 fully saturated rings. The number of carbonyl (C=O) groups excluding carboxylic acids is 1. The Morgan fingerprint density at radius 3 is 2.59 bits per heavy atom. The Labute approximate surface area is 165 Å². The number of nitro groups is 1. The topological polar surface area (TPSA) is 89.6 Å². The molecule has 0 atom stereocenters. The van der Waals surface area contributed by atoms with Crippen LogP contribution in [0.3, 0.4) is 0 Å². The fraction of sp³-hybridized carbons (Fsp3) is 0.353. The number of morpholine rings is 1. The third-order valence-corrected chi connectivity index (χ3v) is 5.26. The Morgan fingerprint density at radius 1 is 1.30 bits per heavy atom. The normalized spacial score (nSPS) is 14.3. The first-order valence-electron chi connectivity index (χ1n) is 8.27. The number of nitrogens with one attached hydrogen (secondary N) is 1. The Morgan fingerprint density at radius 2 is 2.00 bits per heavy atom. The molecule has 27 heavy (non-hydrogen) atoms. The number of anilines is 1. The molecule has 144 valence electrons. The Hall–Kier alpha value is -2.29. The summed E-state index contributed by atoms with van der Waals surface area (Å²) in [7, 11) is 1.75. The van der Waals surface area contributed by atoms with E-state index in [1.807, 2.05) is 0 Å². The molecule has 10 heteroatoms. The zero-order chi connectivity index (χ0) is 19.6. The first-order chi connectivity index (χ1) is 12.9. The fourth-order valence-corrected chi connectivity index (χ4v) is 3.27. The Kier molecular flexibility index (Phi) is 5.88. The molecule has 3 rings (SSSR count). The van der Waals surface area contributed by atoms with Crippen molar-refractivity contribution >= 4 is 40.5 Å². The summed E-state index contributed by atoms with van der Waals surface area (Å²) in [5, 5.41) is 15.3. The quantitative estimate of drug-likeness (QED) is 0.600. The molecule has 8 nitrogen and oxygen atoms in total. The van der Waals surface area contributed by atoms with Crippen LogP contribution in [-0.4, -0.2) is 46.6 Å². The summed E-state index contributed by atoms with van der Waals surface area (Å²) in [6, 6.07) is 6.11. The van der Waals surface area contributed by atoms with Crippen LogP contribution >= 0.6 is 23.2 Å². The number of nitro benzene ring substituents is 1. The molecule has 0 unspecified atom stereocenters. The van der Waals surface area contributed by atoms with Crippen molar-refractivity contribution in [1.82, 2.24) is 9.47 Å². The van der Waals surface area contributed by atoms with E-state index in [9.17, 15) is 14.9 Å². The standard InChI is InChI=1S/C17H18Cl2N4O4/c1-21-12(9-13(18)16(21)19)10-20-14-3-2-11(8-15(14)23(25)26)17(24)22-4-6-27-7-5-22/h2-3,8-9,20H,4-7,10H2,1H3. The lowest BCUT2D eigenvalue weighted by Crippen LogP contribution is -2.40. The highest BCUT2D eigenvalue weighted by atomic mass is 35.5. The molecule has 0 aliphatic carbocycles. The van der Waals surface area contributed by atoms with Crippen molar-refractivity contribution < 1.29 is 14.5 Å². The van der Waals surface area contributed by atoms with Crippen LogP contribution in [0.1, 0.15) is 16.1 Å². The van der Waals surface area contributed by atoms with Gasteiger partial charge < -0.3 is 19.5 Å². The van der Waals surface area contributed by atoms with Gasteiger partial charge in [-0.2, -0.15) is 0 Å². The molecule has 1 aliphatic rings. The van der Waals surface area contributed by atoms with Gasteiger partial charge in [0.2, 0.25) is 0 Å². The second-order valence-electron chi connectivity index (χ2n) is 6.08. The summed E-state index contributed by atoms with van der Waals surface area (Å²) in [5.74, 6) is -0.242. The number of ether oxygens (including phenoxy) is 1. The van der Waals surface area contributed by atoms with Crippen molar-refractivity contribution in [2.45, 2.75) is 6.54 Å². The van der Waals surface area contributed by atoms with Crippen LogP contribution in [-0.2, 0) is 18.3 Å². The number of nitrogens with zero attached hydrogens (tertiary/aromatic N) is 3. The van der Waals surface area contributed by atoms with Crippen LogP contribution in [0.25, 0.3) is 0 Å². The second kappa shape index (κ2) is 8.16. The van der Waals surface area contributed by atoms with Gasteiger partial charge in [0.15, 0.2) is 0 Å². The molecule has 1 aliphatic heterocycles. The van der Waals surface area contributed by atoms with Crippen molar-refractivity contribution in [3.8, 4) is 0 Å². The maximum atomic E-state index is 12.5. The van der Waals surface area contributed by atoms with Gasteiger partial charge in [-0.25, -0.2) is 0 Å². The highest BCUT2D eigenvalue weighted by molar-refractivity contribution is 6.41. The van der Waals surface area contributed by atoms with Gasteiger partial charge in [0.1, 0.15) is 10.8 Å². The predicted octanol–water partition coefficient (Wildman–Crippen LogP) is 3.32. The van der Waals surface area contributed by atoms with Crippen molar-refractivity contribution in [3.05, 3.63) is 55.8 Å². The molecule has 0 saturated carbocycles. The molecule has 0 radical (unpaired) electrons. The molecule has 1 aromatic heterocycles. The van der Waals surface area contributed by atoms with Gasteiger partial charge in [-0.05, 0) is 18.2 Å². The van der Waals surface area contributed by atoms with E-state index in [0.717, 1.165) is 5.69 Å². The molecule has 2 heterocycles.